The lowest BCUT2D eigenvalue weighted by Gasteiger charge is -2.20. The van der Waals surface area contributed by atoms with Crippen molar-refractivity contribution >= 4 is 23.4 Å². The van der Waals surface area contributed by atoms with Gasteiger partial charge in [-0.15, -0.1) is 0 Å². The van der Waals surface area contributed by atoms with Crippen LogP contribution >= 0.6 is 0 Å². The zero-order chi connectivity index (χ0) is 20.5. The number of nitrogens with zero attached hydrogens (tertiary/aromatic N) is 5. The van der Waals surface area contributed by atoms with Crippen LogP contribution in [0.2, 0.25) is 0 Å². The van der Waals surface area contributed by atoms with Gasteiger partial charge in [0, 0.05) is 32.5 Å². The molecule has 2 aromatic rings. The standard InChI is InChI=1S/C17H22F3N7O/c1-10-13(9-27(25-10)11(2)15(28)26-6-4-5-7-26)23-16-22-8-12(17(18,19)20)14(21-3)24-16/h8-9,11H,4-7H2,1-3H3,(H2,21,22,23,24). The van der Waals surface area contributed by atoms with Gasteiger partial charge in [-0.1, -0.05) is 0 Å². The van der Waals surface area contributed by atoms with E-state index in [1.807, 2.05) is 4.90 Å². The molecular formula is C17H22F3N7O. The topological polar surface area (TPSA) is 88.0 Å². The fraction of sp³-hybridized carbons (Fsp3) is 0.529. The number of halogens is 3. The third kappa shape index (κ3) is 4.02. The van der Waals surface area contributed by atoms with E-state index in [4.69, 9.17) is 0 Å². The summed E-state index contributed by atoms with van der Waals surface area (Å²) in [7, 11) is 1.36. The zero-order valence-electron chi connectivity index (χ0n) is 15.8. The molecule has 1 aliphatic rings. The fourth-order valence-electron chi connectivity index (χ4n) is 3.08. The van der Waals surface area contributed by atoms with Crippen LogP contribution in [0.5, 0.6) is 0 Å². The predicted octanol–water partition coefficient (Wildman–Crippen LogP) is 2.97. The highest BCUT2D eigenvalue weighted by molar-refractivity contribution is 5.80. The Morgan fingerprint density at radius 2 is 1.96 bits per heavy atom. The molecule has 1 fully saturated rings. The van der Waals surface area contributed by atoms with Crippen molar-refractivity contribution in [3.63, 3.8) is 0 Å². The number of alkyl halides is 3. The van der Waals surface area contributed by atoms with Gasteiger partial charge in [0.25, 0.3) is 0 Å². The van der Waals surface area contributed by atoms with Crippen molar-refractivity contribution in [3.8, 4) is 0 Å². The van der Waals surface area contributed by atoms with E-state index in [-0.39, 0.29) is 17.7 Å². The van der Waals surface area contributed by atoms with Crippen LogP contribution < -0.4 is 10.6 Å². The summed E-state index contributed by atoms with van der Waals surface area (Å²) in [5.41, 5.74) is 0.149. The van der Waals surface area contributed by atoms with Crippen LogP contribution in [0.4, 0.5) is 30.6 Å². The smallest absolute Gasteiger partial charge is 0.372 e. The first kappa shape index (κ1) is 19.9. The number of hydrogen-bond donors (Lipinski definition) is 2. The first-order valence-corrected chi connectivity index (χ1v) is 8.94. The van der Waals surface area contributed by atoms with Crippen LogP contribution in [0.3, 0.4) is 0 Å². The van der Waals surface area contributed by atoms with Gasteiger partial charge in [0.2, 0.25) is 11.9 Å². The highest BCUT2D eigenvalue weighted by Crippen LogP contribution is 2.34. The molecule has 1 unspecified atom stereocenters. The predicted molar refractivity (Wildman–Crippen MR) is 97.4 cm³/mol. The summed E-state index contributed by atoms with van der Waals surface area (Å²) in [5, 5.41) is 9.66. The van der Waals surface area contributed by atoms with Crippen molar-refractivity contribution in [3.05, 3.63) is 23.7 Å². The summed E-state index contributed by atoms with van der Waals surface area (Å²) < 4.78 is 40.4. The number of amides is 1. The number of aromatic nitrogens is 4. The van der Waals surface area contributed by atoms with Crippen molar-refractivity contribution in [1.82, 2.24) is 24.6 Å². The second kappa shape index (κ2) is 7.64. The number of anilines is 3. The zero-order valence-corrected chi connectivity index (χ0v) is 15.8. The number of aryl methyl sites for hydroxylation is 1. The molecule has 152 valence electrons. The van der Waals surface area contributed by atoms with Gasteiger partial charge in [-0.05, 0) is 26.7 Å². The van der Waals surface area contributed by atoms with E-state index < -0.39 is 17.8 Å². The Hall–Kier alpha value is -2.85. The molecule has 11 heteroatoms. The molecule has 3 rings (SSSR count). The molecule has 0 spiro atoms. The van der Waals surface area contributed by atoms with Gasteiger partial charge in [0.15, 0.2) is 0 Å². The minimum absolute atomic E-state index is 0.00137. The maximum absolute atomic E-state index is 13.0. The quantitative estimate of drug-likeness (QED) is 0.807. The summed E-state index contributed by atoms with van der Waals surface area (Å²) in [4.78, 5) is 22.0. The van der Waals surface area contributed by atoms with Gasteiger partial charge in [0.1, 0.15) is 17.4 Å². The highest BCUT2D eigenvalue weighted by atomic mass is 19.4. The maximum atomic E-state index is 13.0. The number of rotatable bonds is 5. The van der Waals surface area contributed by atoms with Crippen molar-refractivity contribution in [1.29, 1.82) is 0 Å². The molecule has 0 aliphatic carbocycles. The molecule has 1 saturated heterocycles. The van der Waals surface area contributed by atoms with Gasteiger partial charge in [-0.25, -0.2) is 4.98 Å². The van der Waals surface area contributed by atoms with Crippen LogP contribution in [0.15, 0.2) is 12.4 Å². The summed E-state index contributed by atoms with van der Waals surface area (Å²) in [6, 6.07) is -0.478. The second-order valence-corrected chi connectivity index (χ2v) is 6.65. The molecule has 1 atom stereocenters. The molecule has 0 saturated carbocycles. The molecule has 0 bridgehead atoms. The SMILES string of the molecule is CNc1nc(Nc2cn(C(C)C(=O)N3CCCC3)nc2C)ncc1C(F)(F)F. The number of likely N-dealkylation sites (tertiary alicyclic amines) is 1. The van der Waals surface area contributed by atoms with E-state index in [1.165, 1.54) is 7.05 Å². The molecule has 2 aromatic heterocycles. The fourth-order valence-corrected chi connectivity index (χ4v) is 3.08. The third-order valence-electron chi connectivity index (χ3n) is 4.67. The Morgan fingerprint density at radius 1 is 1.29 bits per heavy atom. The maximum Gasteiger partial charge on any atom is 0.421 e. The Morgan fingerprint density at radius 3 is 2.57 bits per heavy atom. The molecule has 0 aromatic carbocycles. The molecular weight excluding hydrogens is 375 g/mol. The monoisotopic (exact) mass is 397 g/mol. The number of hydrogen-bond acceptors (Lipinski definition) is 6. The minimum atomic E-state index is -4.55. The summed E-state index contributed by atoms with van der Waals surface area (Å²) in [5.74, 6) is -0.332. The van der Waals surface area contributed by atoms with Crippen molar-refractivity contribution in [2.75, 3.05) is 30.8 Å². The van der Waals surface area contributed by atoms with Crippen LogP contribution in [0.25, 0.3) is 0 Å². The van der Waals surface area contributed by atoms with Crippen LogP contribution in [-0.2, 0) is 11.0 Å². The first-order chi connectivity index (χ1) is 13.2. The largest absolute Gasteiger partial charge is 0.421 e. The molecule has 1 aliphatic heterocycles. The van der Waals surface area contributed by atoms with Crippen molar-refractivity contribution in [2.24, 2.45) is 0 Å². The molecule has 8 nitrogen and oxygen atoms in total. The Bertz CT molecular complexity index is 859. The Kier molecular flexibility index (Phi) is 5.43. The van der Waals surface area contributed by atoms with E-state index in [0.717, 1.165) is 32.1 Å². The lowest BCUT2D eigenvalue weighted by molar-refractivity contribution is -0.137. The van der Waals surface area contributed by atoms with Gasteiger partial charge >= 0.3 is 6.18 Å². The van der Waals surface area contributed by atoms with Crippen molar-refractivity contribution < 1.29 is 18.0 Å². The highest BCUT2D eigenvalue weighted by Gasteiger charge is 2.35. The number of carbonyl (C=O) groups excluding carboxylic acids is 1. The molecule has 2 N–H and O–H groups in total. The van der Waals surface area contributed by atoms with Crippen LogP contribution in [-0.4, -0.2) is 50.7 Å². The van der Waals surface area contributed by atoms with Gasteiger partial charge < -0.3 is 15.5 Å². The van der Waals surface area contributed by atoms with Crippen LogP contribution in [0, 0.1) is 6.92 Å². The van der Waals surface area contributed by atoms with Gasteiger partial charge in [0.05, 0.1) is 11.4 Å². The van der Waals surface area contributed by atoms with E-state index in [0.29, 0.717) is 11.4 Å². The lowest BCUT2D eigenvalue weighted by Crippen LogP contribution is -2.34. The molecule has 3 heterocycles. The summed E-state index contributed by atoms with van der Waals surface area (Å²) >= 11 is 0. The normalized spacial score (nSPS) is 15.6. The Labute approximate surface area is 160 Å². The van der Waals surface area contributed by atoms with E-state index in [2.05, 4.69) is 25.7 Å². The summed E-state index contributed by atoms with van der Waals surface area (Å²) in [6.45, 7) is 5.00. The van der Waals surface area contributed by atoms with E-state index in [1.54, 1.807) is 24.7 Å². The molecule has 1 amide bonds. The number of nitrogens with one attached hydrogen (secondary N) is 2. The first-order valence-electron chi connectivity index (χ1n) is 8.94. The summed E-state index contributed by atoms with van der Waals surface area (Å²) in [6.07, 6.45) is -0.192. The average molecular weight is 397 g/mol. The van der Waals surface area contributed by atoms with Crippen molar-refractivity contribution in [2.45, 2.75) is 38.9 Å². The molecule has 28 heavy (non-hydrogen) atoms. The third-order valence-corrected chi connectivity index (χ3v) is 4.67. The van der Waals surface area contributed by atoms with E-state index >= 15 is 0 Å². The van der Waals surface area contributed by atoms with Gasteiger partial charge in [-0.2, -0.15) is 23.3 Å². The molecule has 0 radical (unpaired) electrons. The minimum Gasteiger partial charge on any atom is -0.372 e. The lowest BCUT2D eigenvalue weighted by atomic mass is 10.3. The Balaban J connectivity index is 1.79. The van der Waals surface area contributed by atoms with Crippen LogP contribution in [0.1, 0.15) is 37.1 Å². The second-order valence-electron chi connectivity index (χ2n) is 6.65. The number of carbonyl (C=O) groups is 1. The average Bonchev–Trinajstić information content (AvgIpc) is 3.30. The van der Waals surface area contributed by atoms with E-state index in [9.17, 15) is 18.0 Å². The van der Waals surface area contributed by atoms with Gasteiger partial charge in [-0.3, -0.25) is 9.48 Å².